The molecule has 0 saturated carbocycles. The Balaban J connectivity index is 1.69. The zero-order valence-electron chi connectivity index (χ0n) is 13.4. The Morgan fingerprint density at radius 1 is 1.30 bits per heavy atom. The van der Waals surface area contributed by atoms with Gasteiger partial charge in [-0.2, -0.15) is 0 Å². The van der Waals surface area contributed by atoms with Crippen molar-refractivity contribution in [2.75, 3.05) is 27.2 Å². The normalized spacial score (nSPS) is 15.7. The Bertz CT molecular complexity index is 661. The van der Waals surface area contributed by atoms with E-state index >= 15 is 0 Å². The van der Waals surface area contributed by atoms with Crippen LogP contribution in [0.25, 0.3) is 10.6 Å². The second-order valence-corrected chi connectivity index (χ2v) is 6.64. The Labute approximate surface area is 140 Å². The molecule has 3 rings (SSSR count). The molecule has 122 valence electrons. The lowest BCUT2D eigenvalue weighted by Gasteiger charge is -2.31. The molecular weight excluding hydrogens is 310 g/mol. The van der Waals surface area contributed by atoms with Gasteiger partial charge in [-0.15, -0.1) is 11.3 Å². The molecule has 1 aromatic carbocycles. The number of ether oxygens (including phenoxy) is 1. The third kappa shape index (κ3) is 3.54. The van der Waals surface area contributed by atoms with Crippen LogP contribution >= 0.6 is 11.3 Å². The molecule has 1 aliphatic heterocycles. The van der Waals surface area contributed by atoms with Gasteiger partial charge in [0.05, 0.1) is 13.3 Å². The maximum absolute atomic E-state index is 12.6. The number of carbonyl (C=O) groups excluding carboxylic acids is 1. The van der Waals surface area contributed by atoms with E-state index in [9.17, 15) is 4.79 Å². The Kier molecular flexibility index (Phi) is 4.93. The molecule has 0 bridgehead atoms. The monoisotopic (exact) mass is 331 g/mol. The quantitative estimate of drug-likeness (QED) is 0.936. The summed E-state index contributed by atoms with van der Waals surface area (Å²) in [5.74, 6) is 0.908. The number of nitrogens with one attached hydrogen (secondary N) is 1. The van der Waals surface area contributed by atoms with E-state index in [4.69, 9.17) is 4.74 Å². The van der Waals surface area contributed by atoms with E-state index in [0.29, 0.717) is 10.9 Å². The molecule has 1 aliphatic rings. The van der Waals surface area contributed by atoms with Crippen LogP contribution in [0, 0.1) is 0 Å². The fraction of sp³-hybridized carbons (Fsp3) is 0.412. The summed E-state index contributed by atoms with van der Waals surface area (Å²) in [5, 5.41) is 4.14. The third-order valence-electron chi connectivity index (χ3n) is 4.24. The molecule has 1 amide bonds. The minimum absolute atomic E-state index is 0.0943. The first kappa shape index (κ1) is 16.0. The highest BCUT2D eigenvalue weighted by Gasteiger charge is 2.24. The number of carbonyl (C=O) groups is 1. The number of nitrogens with zero attached hydrogens (tertiary/aromatic N) is 2. The number of hydrogen-bond donors (Lipinski definition) is 1. The SMILES string of the molecule is CNC1CCN(C(=O)c2cnc(-c3ccc(OC)cc3)s2)CC1. The molecule has 0 atom stereocenters. The van der Waals surface area contributed by atoms with Crippen molar-refractivity contribution in [3.63, 3.8) is 0 Å². The number of aromatic nitrogens is 1. The molecule has 23 heavy (non-hydrogen) atoms. The van der Waals surface area contributed by atoms with Gasteiger partial charge in [-0.05, 0) is 44.2 Å². The lowest BCUT2D eigenvalue weighted by atomic mass is 10.1. The first-order valence-electron chi connectivity index (χ1n) is 7.78. The average Bonchev–Trinajstić information content (AvgIpc) is 3.11. The third-order valence-corrected chi connectivity index (χ3v) is 5.28. The van der Waals surface area contributed by atoms with Crippen LogP contribution in [0.15, 0.2) is 30.5 Å². The maximum Gasteiger partial charge on any atom is 0.265 e. The molecule has 1 aromatic heterocycles. The van der Waals surface area contributed by atoms with E-state index in [0.717, 1.165) is 42.3 Å². The van der Waals surface area contributed by atoms with Crippen LogP contribution in [-0.2, 0) is 0 Å². The zero-order chi connectivity index (χ0) is 16.2. The van der Waals surface area contributed by atoms with Gasteiger partial charge in [-0.3, -0.25) is 4.79 Å². The summed E-state index contributed by atoms with van der Waals surface area (Å²) in [6, 6.07) is 8.26. The van der Waals surface area contributed by atoms with Crippen molar-refractivity contribution < 1.29 is 9.53 Å². The maximum atomic E-state index is 12.6. The van der Waals surface area contributed by atoms with Gasteiger partial charge in [-0.1, -0.05) is 0 Å². The Morgan fingerprint density at radius 3 is 2.61 bits per heavy atom. The molecular formula is C17H21N3O2S. The summed E-state index contributed by atoms with van der Waals surface area (Å²) in [6.07, 6.45) is 3.70. The minimum Gasteiger partial charge on any atom is -0.497 e. The van der Waals surface area contributed by atoms with Crippen LogP contribution in [0.5, 0.6) is 5.75 Å². The largest absolute Gasteiger partial charge is 0.497 e. The number of thiazole rings is 1. The van der Waals surface area contributed by atoms with Gasteiger partial charge in [-0.25, -0.2) is 4.98 Å². The predicted molar refractivity (Wildman–Crippen MR) is 92.1 cm³/mol. The van der Waals surface area contributed by atoms with Gasteiger partial charge in [0.15, 0.2) is 0 Å². The van der Waals surface area contributed by atoms with E-state index < -0.39 is 0 Å². The molecule has 0 unspecified atom stereocenters. The molecule has 1 N–H and O–H groups in total. The second kappa shape index (κ2) is 7.10. The average molecular weight is 331 g/mol. The summed E-state index contributed by atoms with van der Waals surface area (Å²) >= 11 is 1.45. The lowest BCUT2D eigenvalue weighted by molar-refractivity contribution is 0.0712. The van der Waals surface area contributed by atoms with E-state index in [2.05, 4.69) is 10.3 Å². The number of benzene rings is 1. The van der Waals surface area contributed by atoms with Crippen molar-refractivity contribution in [1.29, 1.82) is 0 Å². The fourth-order valence-corrected chi connectivity index (χ4v) is 3.66. The highest BCUT2D eigenvalue weighted by Crippen LogP contribution is 2.28. The van der Waals surface area contributed by atoms with Crippen molar-refractivity contribution >= 4 is 17.2 Å². The Hall–Kier alpha value is -1.92. The van der Waals surface area contributed by atoms with Crippen molar-refractivity contribution in [2.45, 2.75) is 18.9 Å². The summed E-state index contributed by atoms with van der Waals surface area (Å²) < 4.78 is 5.16. The van der Waals surface area contributed by atoms with Gasteiger partial charge in [0.25, 0.3) is 5.91 Å². The van der Waals surface area contributed by atoms with E-state index in [1.54, 1.807) is 13.3 Å². The Morgan fingerprint density at radius 2 is 2.00 bits per heavy atom. The van der Waals surface area contributed by atoms with Crippen LogP contribution < -0.4 is 10.1 Å². The number of piperidine rings is 1. The molecule has 5 nitrogen and oxygen atoms in total. The highest BCUT2D eigenvalue weighted by molar-refractivity contribution is 7.16. The van der Waals surface area contributed by atoms with Gasteiger partial charge in [0.2, 0.25) is 0 Å². The van der Waals surface area contributed by atoms with Crippen LogP contribution in [0.3, 0.4) is 0 Å². The van der Waals surface area contributed by atoms with Crippen LogP contribution in [-0.4, -0.2) is 49.1 Å². The van der Waals surface area contributed by atoms with E-state index in [-0.39, 0.29) is 5.91 Å². The molecule has 1 fully saturated rings. The highest BCUT2D eigenvalue weighted by atomic mass is 32.1. The summed E-state index contributed by atoms with van der Waals surface area (Å²) in [6.45, 7) is 1.61. The van der Waals surface area contributed by atoms with Gasteiger partial charge < -0.3 is 15.0 Å². The van der Waals surface area contributed by atoms with E-state index in [1.165, 1.54) is 11.3 Å². The van der Waals surface area contributed by atoms with Crippen molar-refractivity contribution in [3.8, 4) is 16.3 Å². The number of likely N-dealkylation sites (tertiary alicyclic amines) is 1. The number of hydrogen-bond acceptors (Lipinski definition) is 5. The molecule has 0 spiro atoms. The number of amides is 1. The topological polar surface area (TPSA) is 54.5 Å². The molecule has 1 saturated heterocycles. The predicted octanol–water partition coefficient (Wildman–Crippen LogP) is 2.64. The molecule has 0 aliphatic carbocycles. The molecule has 2 heterocycles. The minimum atomic E-state index is 0.0943. The summed E-state index contributed by atoms with van der Waals surface area (Å²) in [5.41, 5.74) is 1.00. The van der Waals surface area contributed by atoms with Crippen LogP contribution in [0.2, 0.25) is 0 Å². The molecule has 2 aromatic rings. The summed E-state index contributed by atoms with van der Waals surface area (Å²) in [7, 11) is 3.62. The van der Waals surface area contributed by atoms with Gasteiger partial charge in [0.1, 0.15) is 15.6 Å². The smallest absolute Gasteiger partial charge is 0.265 e. The number of methoxy groups -OCH3 is 1. The summed E-state index contributed by atoms with van der Waals surface area (Å²) in [4.78, 5) is 19.6. The van der Waals surface area contributed by atoms with Crippen molar-refractivity contribution in [3.05, 3.63) is 35.3 Å². The van der Waals surface area contributed by atoms with E-state index in [1.807, 2.05) is 36.2 Å². The van der Waals surface area contributed by atoms with Gasteiger partial charge in [0, 0.05) is 24.7 Å². The zero-order valence-corrected chi connectivity index (χ0v) is 14.2. The fourth-order valence-electron chi connectivity index (χ4n) is 2.77. The van der Waals surface area contributed by atoms with Gasteiger partial charge >= 0.3 is 0 Å². The first-order valence-corrected chi connectivity index (χ1v) is 8.59. The van der Waals surface area contributed by atoms with Crippen molar-refractivity contribution in [1.82, 2.24) is 15.2 Å². The van der Waals surface area contributed by atoms with Crippen LogP contribution in [0.4, 0.5) is 0 Å². The van der Waals surface area contributed by atoms with Crippen LogP contribution in [0.1, 0.15) is 22.5 Å². The second-order valence-electron chi connectivity index (χ2n) is 5.61. The standard InChI is InChI=1S/C17H21N3O2S/c1-18-13-7-9-20(10-8-13)17(21)15-11-19-16(23-15)12-3-5-14(22-2)6-4-12/h3-6,11,13,18H,7-10H2,1-2H3. The molecule has 0 radical (unpaired) electrons. The first-order chi connectivity index (χ1) is 11.2. The van der Waals surface area contributed by atoms with Crippen molar-refractivity contribution in [2.24, 2.45) is 0 Å². The molecule has 6 heteroatoms. The number of rotatable bonds is 4. The lowest BCUT2D eigenvalue weighted by Crippen LogP contribution is -2.43.